The fraction of sp³-hybridized carbons (Fsp3) is 0.278. The van der Waals surface area contributed by atoms with Crippen LogP contribution in [-0.2, 0) is 19.0 Å². The maximum Gasteiger partial charge on any atom is 0.418 e. The van der Waals surface area contributed by atoms with Crippen LogP contribution >= 0.6 is 11.6 Å². The lowest BCUT2D eigenvalue weighted by atomic mass is 9.98. The van der Waals surface area contributed by atoms with Gasteiger partial charge < -0.3 is 14.8 Å². The lowest BCUT2D eigenvalue weighted by Crippen LogP contribution is -2.18. The standard InChI is InChI=1S/C18H13ClF3NO3/c19-10-1-2-13(12(8-10)18(20,21)22)23-17(24)15-11-4-6-25-14(11)7-9-3-5-26-16(9)15/h1-2,7-8H,3-6H2,(H,23,24). The third-order valence-electron chi connectivity index (χ3n) is 4.41. The molecule has 2 aliphatic rings. The molecule has 0 fully saturated rings. The van der Waals surface area contributed by atoms with Crippen LogP contribution in [0.4, 0.5) is 18.9 Å². The Morgan fingerprint density at radius 2 is 1.88 bits per heavy atom. The van der Waals surface area contributed by atoms with E-state index in [4.69, 9.17) is 21.1 Å². The second kappa shape index (κ2) is 6.09. The SMILES string of the molecule is O=C(Nc1ccc(Cl)cc1C(F)(F)F)c1c2c(cc3c1OCC3)OCC2. The summed E-state index contributed by atoms with van der Waals surface area (Å²) in [6, 6.07) is 5.07. The molecule has 2 heterocycles. The van der Waals surface area contributed by atoms with Crippen LogP contribution in [0.15, 0.2) is 24.3 Å². The molecule has 136 valence electrons. The van der Waals surface area contributed by atoms with Gasteiger partial charge in [-0.3, -0.25) is 4.79 Å². The molecule has 0 bridgehead atoms. The Morgan fingerprint density at radius 3 is 2.65 bits per heavy atom. The largest absolute Gasteiger partial charge is 0.493 e. The van der Waals surface area contributed by atoms with E-state index in [0.717, 1.165) is 17.7 Å². The summed E-state index contributed by atoms with van der Waals surface area (Å²) in [6.07, 6.45) is -3.52. The predicted octanol–water partition coefficient (Wildman–Crippen LogP) is 4.48. The van der Waals surface area contributed by atoms with Gasteiger partial charge in [0.25, 0.3) is 5.91 Å². The average Bonchev–Trinajstić information content (AvgIpc) is 3.21. The van der Waals surface area contributed by atoms with Crippen molar-refractivity contribution in [3.63, 3.8) is 0 Å². The van der Waals surface area contributed by atoms with E-state index < -0.39 is 17.6 Å². The smallest absolute Gasteiger partial charge is 0.418 e. The molecule has 1 N–H and O–H groups in total. The number of halogens is 4. The molecule has 0 saturated carbocycles. The van der Waals surface area contributed by atoms with Crippen molar-refractivity contribution >= 4 is 23.2 Å². The Balaban J connectivity index is 1.76. The topological polar surface area (TPSA) is 47.6 Å². The maximum atomic E-state index is 13.3. The summed E-state index contributed by atoms with van der Waals surface area (Å²) < 4.78 is 50.9. The summed E-state index contributed by atoms with van der Waals surface area (Å²) in [6.45, 7) is 0.848. The van der Waals surface area contributed by atoms with Crippen LogP contribution in [0.1, 0.15) is 27.0 Å². The van der Waals surface area contributed by atoms with Crippen molar-refractivity contribution in [3.8, 4) is 11.5 Å². The minimum absolute atomic E-state index is 0.0615. The number of benzene rings is 2. The first-order valence-corrected chi connectivity index (χ1v) is 8.35. The van der Waals surface area contributed by atoms with E-state index in [1.807, 2.05) is 6.07 Å². The number of carbonyl (C=O) groups is 1. The number of carbonyl (C=O) groups excluding carboxylic acids is 1. The molecule has 2 aliphatic heterocycles. The molecule has 0 radical (unpaired) electrons. The van der Waals surface area contributed by atoms with Crippen LogP contribution in [0.2, 0.25) is 5.02 Å². The van der Waals surface area contributed by atoms with E-state index in [9.17, 15) is 18.0 Å². The number of anilines is 1. The normalized spacial score (nSPS) is 15.1. The van der Waals surface area contributed by atoms with Crippen molar-refractivity contribution in [1.82, 2.24) is 0 Å². The van der Waals surface area contributed by atoms with Gasteiger partial charge in [-0.25, -0.2) is 0 Å². The Bertz CT molecular complexity index is 879. The summed E-state index contributed by atoms with van der Waals surface area (Å²) in [7, 11) is 0. The lowest BCUT2D eigenvalue weighted by Gasteiger charge is -2.16. The maximum absolute atomic E-state index is 13.3. The first kappa shape index (κ1) is 17.0. The van der Waals surface area contributed by atoms with Crippen molar-refractivity contribution in [3.05, 3.63) is 51.5 Å². The molecule has 1 amide bonds. The molecule has 2 aromatic rings. The van der Waals surface area contributed by atoms with Gasteiger partial charge in [-0.1, -0.05) is 11.6 Å². The molecule has 2 aromatic carbocycles. The van der Waals surface area contributed by atoms with Crippen LogP contribution < -0.4 is 14.8 Å². The van der Waals surface area contributed by atoms with Gasteiger partial charge in [-0.15, -0.1) is 0 Å². The van der Waals surface area contributed by atoms with E-state index in [0.29, 0.717) is 43.1 Å². The van der Waals surface area contributed by atoms with Gasteiger partial charge >= 0.3 is 6.18 Å². The number of amides is 1. The average molecular weight is 384 g/mol. The molecule has 0 unspecified atom stereocenters. The quantitative estimate of drug-likeness (QED) is 0.831. The molecular formula is C18H13ClF3NO3. The number of hydrogen-bond acceptors (Lipinski definition) is 3. The molecule has 0 atom stereocenters. The first-order chi connectivity index (χ1) is 12.3. The van der Waals surface area contributed by atoms with E-state index in [-0.39, 0.29) is 16.3 Å². The Morgan fingerprint density at radius 1 is 1.12 bits per heavy atom. The van der Waals surface area contributed by atoms with Crippen LogP contribution in [0.25, 0.3) is 0 Å². The minimum Gasteiger partial charge on any atom is -0.493 e. The summed E-state index contributed by atoms with van der Waals surface area (Å²) in [5.41, 5.74) is 0.374. The zero-order chi connectivity index (χ0) is 18.5. The highest BCUT2D eigenvalue weighted by Crippen LogP contribution is 2.42. The number of ether oxygens (including phenoxy) is 2. The van der Waals surface area contributed by atoms with E-state index in [1.54, 1.807) is 0 Å². The fourth-order valence-electron chi connectivity index (χ4n) is 3.27. The highest BCUT2D eigenvalue weighted by molar-refractivity contribution is 6.30. The van der Waals surface area contributed by atoms with Crippen LogP contribution in [-0.4, -0.2) is 19.1 Å². The molecule has 0 aromatic heterocycles. The van der Waals surface area contributed by atoms with Gasteiger partial charge in [0.2, 0.25) is 0 Å². The van der Waals surface area contributed by atoms with Gasteiger partial charge in [-0.05, 0) is 24.3 Å². The van der Waals surface area contributed by atoms with Crippen molar-refractivity contribution in [2.24, 2.45) is 0 Å². The lowest BCUT2D eigenvalue weighted by molar-refractivity contribution is -0.136. The van der Waals surface area contributed by atoms with Crippen LogP contribution in [0, 0.1) is 0 Å². The van der Waals surface area contributed by atoms with E-state index >= 15 is 0 Å². The second-order valence-electron chi connectivity index (χ2n) is 6.06. The second-order valence-corrected chi connectivity index (χ2v) is 6.49. The van der Waals surface area contributed by atoms with Gasteiger partial charge in [0.1, 0.15) is 11.5 Å². The van der Waals surface area contributed by atoms with Crippen molar-refractivity contribution in [2.75, 3.05) is 18.5 Å². The summed E-state index contributed by atoms with van der Waals surface area (Å²) in [5, 5.41) is 2.31. The summed E-state index contributed by atoms with van der Waals surface area (Å²) >= 11 is 5.68. The van der Waals surface area contributed by atoms with Crippen LogP contribution in [0.3, 0.4) is 0 Å². The van der Waals surface area contributed by atoms with Gasteiger partial charge in [0.05, 0.1) is 30.0 Å². The van der Waals surface area contributed by atoms with Gasteiger partial charge in [0, 0.05) is 29.0 Å². The minimum atomic E-state index is -4.65. The third-order valence-corrected chi connectivity index (χ3v) is 4.65. The van der Waals surface area contributed by atoms with Gasteiger partial charge in [0.15, 0.2) is 0 Å². The molecule has 4 rings (SSSR count). The Hall–Kier alpha value is -2.41. The highest BCUT2D eigenvalue weighted by Gasteiger charge is 2.35. The number of hydrogen-bond donors (Lipinski definition) is 1. The Labute approximate surface area is 151 Å². The molecule has 8 heteroatoms. The molecule has 0 aliphatic carbocycles. The highest BCUT2D eigenvalue weighted by atomic mass is 35.5. The first-order valence-electron chi connectivity index (χ1n) is 7.97. The number of fused-ring (bicyclic) bond motifs is 2. The summed E-state index contributed by atoms with van der Waals surface area (Å²) in [5.74, 6) is 0.360. The fourth-order valence-corrected chi connectivity index (χ4v) is 3.44. The number of rotatable bonds is 2. The van der Waals surface area contributed by atoms with Crippen LogP contribution in [0.5, 0.6) is 11.5 Å². The summed E-state index contributed by atoms with van der Waals surface area (Å²) in [4.78, 5) is 12.9. The van der Waals surface area contributed by atoms with E-state index in [1.165, 1.54) is 6.07 Å². The molecule has 26 heavy (non-hydrogen) atoms. The van der Waals surface area contributed by atoms with Crippen molar-refractivity contribution < 1.29 is 27.4 Å². The van der Waals surface area contributed by atoms with E-state index in [2.05, 4.69) is 5.32 Å². The predicted molar refractivity (Wildman–Crippen MR) is 89.2 cm³/mol. The molecular weight excluding hydrogens is 371 g/mol. The zero-order valence-electron chi connectivity index (χ0n) is 13.4. The van der Waals surface area contributed by atoms with Crippen molar-refractivity contribution in [1.29, 1.82) is 0 Å². The van der Waals surface area contributed by atoms with Gasteiger partial charge in [-0.2, -0.15) is 13.2 Å². The zero-order valence-corrected chi connectivity index (χ0v) is 14.1. The Kier molecular flexibility index (Phi) is 3.99. The number of nitrogens with one attached hydrogen (secondary N) is 1. The molecule has 0 saturated heterocycles. The molecule has 0 spiro atoms. The third kappa shape index (κ3) is 2.86. The molecule has 4 nitrogen and oxygen atoms in total. The van der Waals surface area contributed by atoms with Crippen molar-refractivity contribution in [2.45, 2.75) is 19.0 Å². The number of alkyl halides is 3. The monoisotopic (exact) mass is 383 g/mol.